The first-order chi connectivity index (χ1) is 7.19. The lowest BCUT2D eigenvalue weighted by molar-refractivity contribution is -0.118. The minimum atomic E-state index is 0.213. The van der Waals surface area contributed by atoms with E-state index in [9.17, 15) is 4.79 Å². The maximum absolute atomic E-state index is 11.3. The second-order valence-corrected chi connectivity index (χ2v) is 3.29. The number of rotatable bonds is 5. The van der Waals surface area contributed by atoms with Gasteiger partial charge in [-0.3, -0.25) is 4.79 Å². The van der Waals surface area contributed by atoms with Crippen molar-refractivity contribution in [2.24, 2.45) is 0 Å². The van der Waals surface area contributed by atoms with E-state index in [1.807, 2.05) is 19.1 Å². The molecule has 0 aliphatic carbocycles. The van der Waals surface area contributed by atoms with Gasteiger partial charge >= 0.3 is 0 Å². The summed E-state index contributed by atoms with van der Waals surface area (Å²) >= 11 is 0. The zero-order valence-corrected chi connectivity index (χ0v) is 9.37. The number of carbonyl (C=O) groups excluding carboxylic acids is 1. The minimum Gasteiger partial charge on any atom is -0.497 e. The van der Waals surface area contributed by atoms with Crippen molar-refractivity contribution in [2.45, 2.75) is 19.8 Å². The molecule has 0 amide bonds. The SMILES string of the molecule is CCC(=O)Cc1cc(OC)cc(OC)c1. The zero-order valence-electron chi connectivity index (χ0n) is 9.37. The molecule has 82 valence electrons. The molecule has 0 spiro atoms. The Morgan fingerprint density at radius 3 is 2.07 bits per heavy atom. The molecule has 0 bridgehead atoms. The fraction of sp³-hybridized carbons (Fsp3) is 0.417. The molecule has 15 heavy (non-hydrogen) atoms. The van der Waals surface area contributed by atoms with Crippen LogP contribution in [0.2, 0.25) is 0 Å². The van der Waals surface area contributed by atoms with Gasteiger partial charge in [0.1, 0.15) is 17.3 Å². The van der Waals surface area contributed by atoms with Crippen molar-refractivity contribution in [2.75, 3.05) is 14.2 Å². The van der Waals surface area contributed by atoms with Crippen molar-refractivity contribution in [3.8, 4) is 11.5 Å². The molecule has 1 rings (SSSR count). The summed E-state index contributed by atoms with van der Waals surface area (Å²) < 4.78 is 10.2. The first-order valence-corrected chi connectivity index (χ1v) is 4.93. The van der Waals surface area contributed by atoms with E-state index in [0.29, 0.717) is 24.3 Å². The van der Waals surface area contributed by atoms with Crippen molar-refractivity contribution in [1.29, 1.82) is 0 Å². The summed E-state index contributed by atoms with van der Waals surface area (Å²) in [4.78, 5) is 11.3. The van der Waals surface area contributed by atoms with Gasteiger partial charge in [-0.15, -0.1) is 0 Å². The lowest BCUT2D eigenvalue weighted by atomic mass is 10.1. The third-order valence-corrected chi connectivity index (χ3v) is 2.21. The van der Waals surface area contributed by atoms with Gasteiger partial charge in [0.05, 0.1) is 14.2 Å². The Bertz CT molecular complexity index is 322. The molecule has 0 radical (unpaired) electrons. The van der Waals surface area contributed by atoms with Crippen LogP contribution in [0.5, 0.6) is 11.5 Å². The molecule has 3 nitrogen and oxygen atoms in total. The van der Waals surface area contributed by atoms with Gasteiger partial charge in [0, 0.05) is 18.9 Å². The Kier molecular flexibility index (Phi) is 4.16. The Morgan fingerprint density at radius 1 is 1.13 bits per heavy atom. The highest BCUT2D eigenvalue weighted by Crippen LogP contribution is 2.22. The Morgan fingerprint density at radius 2 is 1.67 bits per heavy atom. The molecule has 0 atom stereocenters. The van der Waals surface area contributed by atoms with Crippen LogP contribution in [-0.2, 0) is 11.2 Å². The number of hydrogen-bond donors (Lipinski definition) is 0. The summed E-state index contributed by atoms with van der Waals surface area (Å²) in [7, 11) is 3.19. The molecule has 1 aromatic carbocycles. The quantitative estimate of drug-likeness (QED) is 0.744. The topological polar surface area (TPSA) is 35.5 Å². The molecular weight excluding hydrogens is 192 g/mol. The number of benzene rings is 1. The van der Waals surface area contributed by atoms with E-state index in [2.05, 4.69) is 0 Å². The molecular formula is C12H16O3. The van der Waals surface area contributed by atoms with Crippen LogP contribution in [-0.4, -0.2) is 20.0 Å². The summed E-state index contributed by atoms with van der Waals surface area (Å²) in [5.74, 6) is 1.65. The van der Waals surface area contributed by atoms with Crippen LogP contribution < -0.4 is 9.47 Å². The number of ketones is 1. The third kappa shape index (κ3) is 3.27. The molecule has 0 aromatic heterocycles. The summed E-state index contributed by atoms with van der Waals surface area (Å²) in [6.07, 6.45) is 0.990. The molecule has 3 heteroatoms. The number of ether oxygens (including phenoxy) is 2. The summed E-state index contributed by atoms with van der Waals surface area (Å²) in [6, 6.07) is 5.51. The van der Waals surface area contributed by atoms with Gasteiger partial charge in [-0.2, -0.15) is 0 Å². The first kappa shape index (κ1) is 11.6. The average molecular weight is 208 g/mol. The number of Topliss-reactive ketones (excluding diaryl/α,β-unsaturated/α-hetero) is 1. The smallest absolute Gasteiger partial charge is 0.136 e. The van der Waals surface area contributed by atoms with Gasteiger partial charge in [0.25, 0.3) is 0 Å². The van der Waals surface area contributed by atoms with Crippen LogP contribution in [0.1, 0.15) is 18.9 Å². The standard InChI is InChI=1S/C12H16O3/c1-4-10(13)5-9-6-11(14-2)8-12(7-9)15-3/h6-8H,4-5H2,1-3H3. The summed E-state index contributed by atoms with van der Waals surface area (Å²) in [6.45, 7) is 1.86. The van der Waals surface area contributed by atoms with E-state index < -0.39 is 0 Å². The van der Waals surface area contributed by atoms with E-state index >= 15 is 0 Å². The number of hydrogen-bond acceptors (Lipinski definition) is 3. The fourth-order valence-electron chi connectivity index (χ4n) is 1.32. The second-order valence-electron chi connectivity index (χ2n) is 3.29. The van der Waals surface area contributed by atoms with Crippen LogP contribution in [0.4, 0.5) is 0 Å². The number of carbonyl (C=O) groups is 1. The van der Waals surface area contributed by atoms with E-state index in [1.165, 1.54) is 0 Å². The van der Waals surface area contributed by atoms with Crippen molar-refractivity contribution in [1.82, 2.24) is 0 Å². The molecule has 0 unspecified atom stereocenters. The highest BCUT2D eigenvalue weighted by molar-refractivity contribution is 5.80. The molecule has 1 aromatic rings. The molecule has 0 N–H and O–H groups in total. The van der Waals surface area contributed by atoms with Crippen LogP contribution in [0, 0.1) is 0 Å². The predicted octanol–water partition coefficient (Wildman–Crippen LogP) is 2.23. The average Bonchev–Trinajstić information content (AvgIpc) is 2.28. The molecule has 0 aliphatic heterocycles. The van der Waals surface area contributed by atoms with Gasteiger partial charge in [-0.05, 0) is 17.7 Å². The van der Waals surface area contributed by atoms with E-state index in [1.54, 1.807) is 20.3 Å². The molecule has 0 saturated carbocycles. The number of methoxy groups -OCH3 is 2. The Balaban J connectivity index is 2.91. The monoisotopic (exact) mass is 208 g/mol. The van der Waals surface area contributed by atoms with Crippen LogP contribution in [0.25, 0.3) is 0 Å². The lowest BCUT2D eigenvalue weighted by Crippen LogP contribution is -2.01. The normalized spacial score (nSPS) is 9.80. The first-order valence-electron chi connectivity index (χ1n) is 4.93. The Labute approximate surface area is 90.0 Å². The highest BCUT2D eigenvalue weighted by Gasteiger charge is 2.05. The van der Waals surface area contributed by atoms with Crippen LogP contribution in [0.15, 0.2) is 18.2 Å². The fourth-order valence-corrected chi connectivity index (χ4v) is 1.32. The van der Waals surface area contributed by atoms with Crippen molar-refractivity contribution in [3.05, 3.63) is 23.8 Å². The molecule has 0 fully saturated rings. The van der Waals surface area contributed by atoms with Gasteiger partial charge < -0.3 is 9.47 Å². The second kappa shape index (κ2) is 5.39. The maximum Gasteiger partial charge on any atom is 0.136 e. The van der Waals surface area contributed by atoms with E-state index in [0.717, 1.165) is 5.56 Å². The molecule has 0 saturated heterocycles. The van der Waals surface area contributed by atoms with Crippen LogP contribution >= 0.6 is 0 Å². The van der Waals surface area contributed by atoms with E-state index in [4.69, 9.17) is 9.47 Å². The molecule has 0 aliphatic rings. The lowest BCUT2D eigenvalue weighted by Gasteiger charge is -2.07. The minimum absolute atomic E-state index is 0.213. The maximum atomic E-state index is 11.3. The Hall–Kier alpha value is -1.51. The van der Waals surface area contributed by atoms with Gasteiger partial charge in [-0.1, -0.05) is 6.92 Å². The third-order valence-electron chi connectivity index (χ3n) is 2.21. The highest BCUT2D eigenvalue weighted by atomic mass is 16.5. The van der Waals surface area contributed by atoms with Crippen molar-refractivity contribution >= 4 is 5.78 Å². The van der Waals surface area contributed by atoms with E-state index in [-0.39, 0.29) is 5.78 Å². The van der Waals surface area contributed by atoms with Crippen molar-refractivity contribution in [3.63, 3.8) is 0 Å². The van der Waals surface area contributed by atoms with Gasteiger partial charge in [-0.25, -0.2) is 0 Å². The van der Waals surface area contributed by atoms with Crippen LogP contribution in [0.3, 0.4) is 0 Å². The summed E-state index contributed by atoms with van der Waals surface area (Å²) in [5.41, 5.74) is 0.929. The van der Waals surface area contributed by atoms with Gasteiger partial charge in [0.2, 0.25) is 0 Å². The molecule has 0 heterocycles. The zero-order chi connectivity index (χ0) is 11.3. The van der Waals surface area contributed by atoms with Gasteiger partial charge in [0.15, 0.2) is 0 Å². The van der Waals surface area contributed by atoms with Crippen molar-refractivity contribution < 1.29 is 14.3 Å². The summed E-state index contributed by atoms with van der Waals surface area (Å²) in [5, 5.41) is 0. The largest absolute Gasteiger partial charge is 0.497 e. The predicted molar refractivity (Wildman–Crippen MR) is 58.5 cm³/mol.